The molecule has 6 heteroatoms. The van der Waals surface area contributed by atoms with E-state index in [2.05, 4.69) is 28.0 Å². The Morgan fingerprint density at radius 1 is 1.08 bits per heavy atom. The molecule has 1 aliphatic rings. The zero-order valence-electron chi connectivity index (χ0n) is 14.7. The van der Waals surface area contributed by atoms with Crippen LogP contribution in [0.15, 0.2) is 47.4 Å². The number of thiophene rings is 2. The third-order valence-corrected chi connectivity index (χ3v) is 6.66. The van der Waals surface area contributed by atoms with Crippen molar-refractivity contribution in [1.29, 1.82) is 0 Å². The van der Waals surface area contributed by atoms with Crippen LogP contribution in [0.2, 0.25) is 0 Å². The lowest BCUT2D eigenvalue weighted by atomic mass is 9.96. The van der Waals surface area contributed by atoms with Crippen molar-refractivity contribution in [2.45, 2.75) is 51.2 Å². The summed E-state index contributed by atoms with van der Waals surface area (Å²) < 4.78 is 2.01. The van der Waals surface area contributed by atoms with Crippen molar-refractivity contribution in [3.05, 3.63) is 62.7 Å². The first-order valence-corrected chi connectivity index (χ1v) is 10.9. The molecule has 1 saturated carbocycles. The Hall–Kier alpha value is -1.92. The smallest absolute Gasteiger partial charge is 0.257 e. The summed E-state index contributed by atoms with van der Waals surface area (Å²) in [4.78, 5) is 17.5. The Morgan fingerprint density at radius 3 is 2.31 bits per heavy atom. The fraction of sp³-hybridized carbons (Fsp3) is 0.400. The number of carbonyl (C=O) groups excluding carboxylic acids is 1. The summed E-state index contributed by atoms with van der Waals surface area (Å²) >= 11 is 3.39. The molecular weight excluding hydrogens is 362 g/mol. The SMILES string of the molecule is O=C(c1cnn(C2CCCCC2)c1)N(Cc1cccs1)Cc1cccs1. The summed E-state index contributed by atoms with van der Waals surface area (Å²) in [6.07, 6.45) is 9.88. The molecule has 0 N–H and O–H groups in total. The summed E-state index contributed by atoms with van der Waals surface area (Å²) in [6, 6.07) is 8.70. The molecule has 0 saturated heterocycles. The molecule has 3 heterocycles. The van der Waals surface area contributed by atoms with Crippen molar-refractivity contribution in [3.8, 4) is 0 Å². The van der Waals surface area contributed by atoms with Crippen LogP contribution >= 0.6 is 22.7 Å². The fourth-order valence-electron chi connectivity index (χ4n) is 3.56. The largest absolute Gasteiger partial charge is 0.328 e. The van der Waals surface area contributed by atoms with Crippen LogP contribution in [-0.2, 0) is 13.1 Å². The minimum atomic E-state index is 0.0638. The van der Waals surface area contributed by atoms with Gasteiger partial charge in [0.15, 0.2) is 0 Å². The van der Waals surface area contributed by atoms with Crippen LogP contribution in [0.4, 0.5) is 0 Å². The molecule has 26 heavy (non-hydrogen) atoms. The number of rotatable bonds is 6. The van der Waals surface area contributed by atoms with Crippen molar-refractivity contribution in [1.82, 2.24) is 14.7 Å². The monoisotopic (exact) mass is 385 g/mol. The van der Waals surface area contributed by atoms with Gasteiger partial charge in [-0.25, -0.2) is 0 Å². The number of nitrogens with zero attached hydrogens (tertiary/aromatic N) is 3. The van der Waals surface area contributed by atoms with E-state index in [-0.39, 0.29) is 5.91 Å². The summed E-state index contributed by atoms with van der Waals surface area (Å²) in [6.45, 7) is 1.28. The third-order valence-electron chi connectivity index (χ3n) is 4.94. The predicted octanol–water partition coefficient (Wildman–Crippen LogP) is 5.35. The highest BCUT2D eigenvalue weighted by molar-refractivity contribution is 7.10. The van der Waals surface area contributed by atoms with Crippen LogP contribution < -0.4 is 0 Å². The average Bonchev–Trinajstić information content (AvgIpc) is 3.44. The van der Waals surface area contributed by atoms with Gasteiger partial charge in [0, 0.05) is 16.0 Å². The molecule has 4 rings (SSSR count). The van der Waals surface area contributed by atoms with Gasteiger partial charge in [-0.2, -0.15) is 5.10 Å². The highest BCUT2D eigenvalue weighted by Gasteiger charge is 2.22. The highest BCUT2D eigenvalue weighted by atomic mass is 32.1. The quantitative estimate of drug-likeness (QED) is 0.573. The van der Waals surface area contributed by atoms with Crippen molar-refractivity contribution in [2.75, 3.05) is 0 Å². The molecule has 1 aliphatic carbocycles. The van der Waals surface area contributed by atoms with Gasteiger partial charge < -0.3 is 4.90 Å². The van der Waals surface area contributed by atoms with Crippen LogP contribution in [0.1, 0.15) is 58.3 Å². The number of amides is 1. The Kier molecular flexibility index (Phi) is 5.51. The van der Waals surface area contributed by atoms with E-state index in [4.69, 9.17) is 0 Å². The molecule has 1 fully saturated rings. The van der Waals surface area contributed by atoms with Gasteiger partial charge in [-0.1, -0.05) is 31.4 Å². The Balaban J connectivity index is 1.52. The molecule has 0 aromatic carbocycles. The topological polar surface area (TPSA) is 38.1 Å². The second-order valence-corrected chi connectivity index (χ2v) is 8.89. The molecule has 3 aromatic heterocycles. The van der Waals surface area contributed by atoms with E-state index in [1.165, 1.54) is 41.9 Å². The maximum Gasteiger partial charge on any atom is 0.257 e. The maximum atomic E-state index is 13.2. The molecule has 4 nitrogen and oxygen atoms in total. The van der Waals surface area contributed by atoms with E-state index in [9.17, 15) is 4.79 Å². The van der Waals surface area contributed by atoms with Crippen molar-refractivity contribution < 1.29 is 4.79 Å². The van der Waals surface area contributed by atoms with Gasteiger partial charge >= 0.3 is 0 Å². The predicted molar refractivity (Wildman–Crippen MR) is 107 cm³/mol. The molecule has 0 bridgehead atoms. The van der Waals surface area contributed by atoms with E-state index < -0.39 is 0 Å². The first-order chi connectivity index (χ1) is 12.8. The second kappa shape index (κ2) is 8.18. The van der Waals surface area contributed by atoms with E-state index >= 15 is 0 Å². The molecule has 0 radical (unpaired) electrons. The lowest BCUT2D eigenvalue weighted by molar-refractivity contribution is 0.0733. The minimum absolute atomic E-state index is 0.0638. The van der Waals surface area contributed by atoms with Gasteiger partial charge in [-0.15, -0.1) is 22.7 Å². The lowest BCUT2D eigenvalue weighted by Gasteiger charge is -2.22. The second-order valence-electron chi connectivity index (χ2n) is 6.82. The zero-order valence-corrected chi connectivity index (χ0v) is 16.3. The highest BCUT2D eigenvalue weighted by Crippen LogP contribution is 2.28. The Morgan fingerprint density at radius 2 is 1.73 bits per heavy atom. The Labute approximate surface area is 162 Å². The van der Waals surface area contributed by atoms with Gasteiger partial charge in [0.05, 0.1) is 30.9 Å². The van der Waals surface area contributed by atoms with Crippen LogP contribution in [0, 0.1) is 0 Å². The summed E-state index contributed by atoms with van der Waals surface area (Å²) in [5.74, 6) is 0.0638. The van der Waals surface area contributed by atoms with Crippen molar-refractivity contribution >= 4 is 28.6 Å². The number of carbonyl (C=O) groups is 1. The van der Waals surface area contributed by atoms with E-state index in [1.807, 2.05) is 27.9 Å². The summed E-state index contributed by atoms with van der Waals surface area (Å²) in [7, 11) is 0. The van der Waals surface area contributed by atoms with E-state index in [0.717, 1.165) is 0 Å². The molecule has 0 unspecified atom stereocenters. The minimum Gasteiger partial charge on any atom is -0.328 e. The van der Waals surface area contributed by atoms with Crippen molar-refractivity contribution in [2.24, 2.45) is 0 Å². The summed E-state index contributed by atoms with van der Waals surface area (Å²) in [5, 5.41) is 8.63. The van der Waals surface area contributed by atoms with Crippen LogP contribution in [-0.4, -0.2) is 20.6 Å². The first-order valence-electron chi connectivity index (χ1n) is 9.18. The first kappa shape index (κ1) is 17.5. The maximum absolute atomic E-state index is 13.2. The van der Waals surface area contributed by atoms with E-state index in [1.54, 1.807) is 28.9 Å². The fourth-order valence-corrected chi connectivity index (χ4v) is 5.00. The number of hydrogen-bond donors (Lipinski definition) is 0. The molecule has 1 amide bonds. The molecule has 136 valence electrons. The Bertz CT molecular complexity index is 781. The normalized spacial score (nSPS) is 15.2. The molecule has 0 spiro atoms. The molecule has 3 aromatic rings. The molecule has 0 atom stereocenters. The van der Waals surface area contributed by atoms with Crippen LogP contribution in [0.5, 0.6) is 0 Å². The third kappa shape index (κ3) is 4.07. The van der Waals surface area contributed by atoms with Crippen molar-refractivity contribution in [3.63, 3.8) is 0 Å². The van der Waals surface area contributed by atoms with E-state index in [0.29, 0.717) is 24.7 Å². The molecule has 0 aliphatic heterocycles. The van der Waals surface area contributed by atoms with Gasteiger partial charge in [0.2, 0.25) is 0 Å². The number of hydrogen-bond acceptors (Lipinski definition) is 4. The van der Waals surface area contributed by atoms with Gasteiger partial charge in [0.1, 0.15) is 0 Å². The lowest BCUT2D eigenvalue weighted by Crippen LogP contribution is -2.29. The summed E-state index contributed by atoms with van der Waals surface area (Å²) in [5.41, 5.74) is 0.698. The zero-order chi connectivity index (χ0) is 17.8. The molecular formula is C20H23N3OS2. The van der Waals surface area contributed by atoms with Gasteiger partial charge in [-0.05, 0) is 35.7 Å². The van der Waals surface area contributed by atoms with Gasteiger partial charge in [0.25, 0.3) is 5.91 Å². The van der Waals surface area contributed by atoms with Crippen LogP contribution in [0.25, 0.3) is 0 Å². The number of aromatic nitrogens is 2. The standard InChI is InChI=1S/C20H23N3OS2/c24-20(16-12-21-23(13-16)17-6-2-1-3-7-17)22(14-18-8-4-10-25-18)15-19-9-5-11-26-19/h4-5,8-13,17H,1-3,6-7,14-15H2. The van der Waals surface area contributed by atoms with Gasteiger partial charge in [-0.3, -0.25) is 9.48 Å². The van der Waals surface area contributed by atoms with Crippen LogP contribution in [0.3, 0.4) is 0 Å². The average molecular weight is 386 g/mol.